The quantitative estimate of drug-likeness (QED) is 0.156. The summed E-state index contributed by atoms with van der Waals surface area (Å²) in [6, 6.07) is 35.5. The van der Waals surface area contributed by atoms with Crippen LogP contribution < -0.4 is 59.4 Å². The zero-order valence-electron chi connectivity index (χ0n) is 21.7. The summed E-state index contributed by atoms with van der Waals surface area (Å²) < 4.78 is 0. The van der Waals surface area contributed by atoms with Crippen LogP contribution in [0.1, 0.15) is 11.1 Å². The average molecular weight is 656 g/mol. The van der Waals surface area contributed by atoms with Gasteiger partial charge in [0.25, 0.3) is 0 Å². The Morgan fingerprint density at radius 3 is 1.03 bits per heavy atom. The molecule has 39 heavy (non-hydrogen) atoms. The van der Waals surface area contributed by atoms with Gasteiger partial charge >= 0.3 is 30.9 Å². The molecule has 11 heteroatoms. The topological polar surface area (TPSA) is 62.8 Å². The molecular weight excluding hydrogens is 628 g/mol. The third-order valence-corrected chi connectivity index (χ3v) is 5.34. The van der Waals surface area contributed by atoms with Gasteiger partial charge in [0.05, 0.1) is 0 Å². The van der Waals surface area contributed by atoms with Crippen LogP contribution in [0, 0.1) is 10.8 Å². The first-order valence-corrected chi connectivity index (χ1v) is 11.0. The van der Waals surface area contributed by atoms with Crippen LogP contribution in [0.4, 0.5) is 22.7 Å². The Balaban J connectivity index is -0.000000589. The number of nitrogens with zero attached hydrogens (tertiary/aromatic N) is 6. The molecular formula is C28H28Cl4N6Zn. The molecule has 0 saturated carbocycles. The smallest absolute Gasteiger partial charge is 1.00 e. The standard InChI is InChI=1S/2C14H14N3.4ClH.Zn/c2*1-17(11-12-5-3-2-4-6-12)14-9-7-13(16-15)8-10-14;;;;;/h2*2-10H,11H2,1H3;4*1H;/q2*+1;;;;;+2/p-4. The van der Waals surface area contributed by atoms with Crippen molar-refractivity contribution >= 4 is 22.7 Å². The second-order valence-corrected chi connectivity index (χ2v) is 7.92. The van der Waals surface area contributed by atoms with Gasteiger partial charge < -0.3 is 59.4 Å². The molecule has 200 valence electrons. The van der Waals surface area contributed by atoms with Crippen molar-refractivity contribution in [2.75, 3.05) is 23.9 Å². The van der Waals surface area contributed by atoms with E-state index >= 15 is 0 Å². The average Bonchev–Trinajstić information content (AvgIpc) is 2.90. The van der Waals surface area contributed by atoms with E-state index in [1.807, 2.05) is 74.8 Å². The molecule has 0 unspecified atom stereocenters. The van der Waals surface area contributed by atoms with Gasteiger partial charge in [0.2, 0.25) is 10.8 Å². The van der Waals surface area contributed by atoms with Crippen LogP contribution in [0.3, 0.4) is 0 Å². The first-order chi connectivity index (χ1) is 16.6. The molecule has 0 aromatic heterocycles. The number of hydrogen-bond donors (Lipinski definition) is 0. The van der Waals surface area contributed by atoms with Crippen molar-refractivity contribution in [1.82, 2.24) is 0 Å². The molecule has 0 fully saturated rings. The minimum Gasteiger partial charge on any atom is -1.00 e. The molecule has 4 rings (SSSR count). The van der Waals surface area contributed by atoms with Gasteiger partial charge in [0.1, 0.15) is 0 Å². The Hall–Kier alpha value is -2.90. The summed E-state index contributed by atoms with van der Waals surface area (Å²) in [4.78, 5) is 10.6. The first kappa shape index (κ1) is 40.6. The summed E-state index contributed by atoms with van der Waals surface area (Å²) in [6.07, 6.45) is 0. The van der Waals surface area contributed by atoms with Crippen LogP contribution in [-0.4, -0.2) is 14.1 Å². The fourth-order valence-electron chi connectivity index (χ4n) is 3.44. The molecule has 0 heterocycles. The van der Waals surface area contributed by atoms with Crippen molar-refractivity contribution in [3.05, 3.63) is 130 Å². The molecule has 0 saturated heterocycles. The molecule has 0 N–H and O–H groups in total. The van der Waals surface area contributed by atoms with Gasteiger partial charge in [-0.05, 0) is 35.4 Å². The second kappa shape index (κ2) is 22.0. The summed E-state index contributed by atoms with van der Waals surface area (Å²) in [5, 5.41) is 17.2. The van der Waals surface area contributed by atoms with Gasteiger partial charge in [-0.15, -0.1) is 0 Å². The largest absolute Gasteiger partial charge is 2.00 e. The van der Waals surface area contributed by atoms with Gasteiger partial charge in [-0.3, -0.25) is 0 Å². The summed E-state index contributed by atoms with van der Waals surface area (Å²) in [6.45, 7) is 1.72. The van der Waals surface area contributed by atoms with Crippen LogP contribution in [-0.2, 0) is 32.6 Å². The first-order valence-electron chi connectivity index (χ1n) is 11.0. The number of halogens is 4. The Kier molecular flexibility index (Phi) is 22.9. The maximum Gasteiger partial charge on any atom is 2.00 e. The van der Waals surface area contributed by atoms with Crippen molar-refractivity contribution in [3.63, 3.8) is 0 Å². The third kappa shape index (κ3) is 13.6. The Labute approximate surface area is 268 Å². The fraction of sp³-hybridized carbons (Fsp3) is 0.143. The Bertz CT molecular complexity index is 1150. The molecule has 0 bridgehead atoms. The molecule has 0 aliphatic heterocycles. The Morgan fingerprint density at radius 2 is 0.769 bits per heavy atom. The number of rotatable bonds is 6. The zero-order valence-corrected chi connectivity index (χ0v) is 27.7. The van der Waals surface area contributed by atoms with Gasteiger partial charge in [-0.25, -0.2) is 0 Å². The van der Waals surface area contributed by atoms with Crippen LogP contribution in [0.5, 0.6) is 0 Å². The summed E-state index contributed by atoms with van der Waals surface area (Å²) in [7, 11) is 4.08. The van der Waals surface area contributed by atoms with Gasteiger partial charge in [-0.1, -0.05) is 60.7 Å². The summed E-state index contributed by atoms with van der Waals surface area (Å²) in [5.74, 6) is 0. The molecule has 4 aromatic rings. The van der Waals surface area contributed by atoms with E-state index in [0.29, 0.717) is 11.4 Å². The zero-order chi connectivity index (χ0) is 24.2. The minimum atomic E-state index is 0. The van der Waals surface area contributed by atoms with Crippen LogP contribution in [0.2, 0.25) is 0 Å². The molecule has 6 nitrogen and oxygen atoms in total. The van der Waals surface area contributed by atoms with Crippen molar-refractivity contribution in [2.45, 2.75) is 13.1 Å². The van der Waals surface area contributed by atoms with E-state index in [1.54, 1.807) is 24.3 Å². The van der Waals surface area contributed by atoms with E-state index < -0.39 is 0 Å². The van der Waals surface area contributed by atoms with Gasteiger partial charge in [0.15, 0.2) is 9.95 Å². The van der Waals surface area contributed by atoms with Crippen LogP contribution in [0.15, 0.2) is 109 Å². The molecule has 0 atom stereocenters. The summed E-state index contributed by atoms with van der Waals surface area (Å²) in [5.41, 5.74) is 5.88. The van der Waals surface area contributed by atoms with Crippen molar-refractivity contribution in [3.8, 4) is 0 Å². The van der Waals surface area contributed by atoms with E-state index in [1.165, 1.54) is 11.1 Å². The van der Waals surface area contributed by atoms with Crippen LogP contribution in [0.25, 0.3) is 9.95 Å². The van der Waals surface area contributed by atoms with E-state index in [4.69, 9.17) is 10.8 Å². The molecule has 0 aliphatic rings. The number of benzene rings is 4. The van der Waals surface area contributed by atoms with Crippen molar-refractivity contribution in [2.24, 2.45) is 0 Å². The maximum atomic E-state index is 8.61. The van der Waals surface area contributed by atoms with Gasteiger partial charge in [0, 0.05) is 62.8 Å². The molecule has 0 amide bonds. The molecule has 4 aromatic carbocycles. The van der Waals surface area contributed by atoms with Gasteiger partial charge in [-0.2, -0.15) is 0 Å². The van der Waals surface area contributed by atoms with Crippen LogP contribution >= 0.6 is 0 Å². The number of diazo groups is 2. The third-order valence-electron chi connectivity index (χ3n) is 5.34. The monoisotopic (exact) mass is 652 g/mol. The SMILES string of the molecule is CN(Cc1ccccc1)c1ccc([N+]#N)cc1.CN(Cc1ccccc1)c1ccc([N+]#N)cc1.[Cl-].[Cl-].[Cl-].[Cl-].[Zn+2]. The molecule has 0 radical (unpaired) electrons. The van der Waals surface area contributed by atoms with E-state index in [-0.39, 0.29) is 69.1 Å². The van der Waals surface area contributed by atoms with E-state index in [2.05, 4.69) is 44.0 Å². The van der Waals surface area contributed by atoms with Crippen molar-refractivity contribution < 1.29 is 69.1 Å². The maximum absolute atomic E-state index is 8.61. The van der Waals surface area contributed by atoms with Crippen molar-refractivity contribution in [1.29, 1.82) is 10.8 Å². The number of hydrogen-bond acceptors (Lipinski definition) is 4. The van der Waals surface area contributed by atoms with E-state index in [0.717, 1.165) is 24.5 Å². The predicted molar refractivity (Wildman–Crippen MR) is 139 cm³/mol. The molecule has 0 aliphatic carbocycles. The van der Waals surface area contributed by atoms with E-state index in [9.17, 15) is 0 Å². The fourth-order valence-corrected chi connectivity index (χ4v) is 3.44. The summed E-state index contributed by atoms with van der Waals surface area (Å²) >= 11 is 0. The minimum absolute atomic E-state index is 0. The second-order valence-electron chi connectivity index (χ2n) is 7.92. The molecule has 0 spiro atoms. The predicted octanol–water partition coefficient (Wildman–Crippen LogP) is -4.37. The Morgan fingerprint density at radius 1 is 0.487 bits per heavy atom. The number of anilines is 2. The normalized spacial score (nSPS) is 8.41.